The Morgan fingerprint density at radius 1 is 1.11 bits per heavy atom. The largest absolute Gasteiger partial charge is 0.377 e. The molecule has 0 unspecified atom stereocenters. The van der Waals surface area contributed by atoms with Crippen molar-refractivity contribution in [1.29, 1.82) is 0 Å². The Balaban J connectivity index is 1.51. The Bertz CT molecular complexity index is 1390. The number of ether oxygens (including phenoxy) is 1. The molecule has 0 radical (unpaired) electrons. The summed E-state index contributed by atoms with van der Waals surface area (Å²) >= 11 is 0. The summed E-state index contributed by atoms with van der Waals surface area (Å²) in [5.74, 6) is 1.02. The second-order valence-corrected chi connectivity index (χ2v) is 9.71. The van der Waals surface area contributed by atoms with Gasteiger partial charge in [0.25, 0.3) is 5.91 Å². The van der Waals surface area contributed by atoms with Crippen LogP contribution in [0, 0.1) is 6.92 Å². The van der Waals surface area contributed by atoms with Crippen molar-refractivity contribution in [1.82, 2.24) is 25.1 Å². The molecule has 1 atom stereocenters. The lowest BCUT2D eigenvalue weighted by molar-refractivity contribution is 0.0793. The van der Waals surface area contributed by atoms with Crippen LogP contribution in [0.3, 0.4) is 0 Å². The standard InChI is InChI=1S/C28H30N6O2/c1-18-16-29-26(23-9-10-30-32-23)27-25(18)22(15-24(31-27)34-13-14-36-17-19(34)2)20-5-7-21(8-6-20)28(35)33-11-3-4-12-33/h5-10,15-16,19H,3-4,11-14,17H2,1-2H3,(H,30,32)/t19-/m1/s1. The predicted octanol–water partition coefficient (Wildman–Crippen LogP) is 4.46. The Morgan fingerprint density at radius 2 is 1.92 bits per heavy atom. The van der Waals surface area contributed by atoms with Crippen molar-refractivity contribution >= 4 is 22.6 Å². The molecule has 6 rings (SSSR count). The summed E-state index contributed by atoms with van der Waals surface area (Å²) in [4.78, 5) is 27.1. The van der Waals surface area contributed by atoms with Crippen LogP contribution in [0.15, 0.2) is 48.8 Å². The van der Waals surface area contributed by atoms with Crippen LogP contribution < -0.4 is 4.90 Å². The molecule has 1 aromatic carbocycles. The number of amides is 1. The number of nitrogens with one attached hydrogen (secondary N) is 1. The van der Waals surface area contributed by atoms with Gasteiger partial charge in [-0.15, -0.1) is 0 Å². The van der Waals surface area contributed by atoms with Gasteiger partial charge in [-0.1, -0.05) is 12.1 Å². The van der Waals surface area contributed by atoms with Crippen molar-refractivity contribution in [3.8, 4) is 22.5 Å². The molecule has 4 aromatic rings. The lowest BCUT2D eigenvalue weighted by Gasteiger charge is -2.34. The minimum atomic E-state index is 0.114. The topological polar surface area (TPSA) is 87.2 Å². The van der Waals surface area contributed by atoms with Crippen LogP contribution >= 0.6 is 0 Å². The number of morpholine rings is 1. The summed E-state index contributed by atoms with van der Waals surface area (Å²) in [6, 6.07) is 12.3. The first-order chi connectivity index (χ1) is 17.6. The molecule has 0 spiro atoms. The van der Waals surface area contributed by atoms with Crippen LogP contribution in [0.5, 0.6) is 0 Å². The van der Waals surface area contributed by atoms with Gasteiger partial charge in [0, 0.05) is 43.0 Å². The zero-order valence-corrected chi connectivity index (χ0v) is 20.7. The normalized spacial score (nSPS) is 18.2. The molecule has 8 heteroatoms. The number of likely N-dealkylation sites (tertiary alicyclic amines) is 1. The van der Waals surface area contributed by atoms with Gasteiger partial charge in [-0.3, -0.25) is 14.9 Å². The third-order valence-electron chi connectivity index (χ3n) is 7.27. The number of fused-ring (bicyclic) bond motifs is 1. The Hall–Kier alpha value is -3.78. The van der Waals surface area contributed by atoms with Crippen LogP contribution in [-0.2, 0) is 4.74 Å². The summed E-state index contributed by atoms with van der Waals surface area (Å²) in [6.45, 7) is 8.04. The van der Waals surface area contributed by atoms with E-state index in [9.17, 15) is 4.79 Å². The fraction of sp³-hybridized carbons (Fsp3) is 0.357. The van der Waals surface area contributed by atoms with Gasteiger partial charge in [-0.05, 0) is 67.6 Å². The molecule has 1 amide bonds. The van der Waals surface area contributed by atoms with Crippen molar-refractivity contribution < 1.29 is 9.53 Å². The van der Waals surface area contributed by atoms with E-state index in [1.165, 1.54) is 0 Å². The fourth-order valence-electron chi connectivity index (χ4n) is 5.31. The molecule has 2 fully saturated rings. The van der Waals surface area contributed by atoms with Crippen LogP contribution in [0.4, 0.5) is 5.82 Å². The number of hydrogen-bond acceptors (Lipinski definition) is 6. The summed E-state index contributed by atoms with van der Waals surface area (Å²) in [5, 5.41) is 8.24. The number of aromatic amines is 1. The van der Waals surface area contributed by atoms with Gasteiger partial charge in [0.05, 0.1) is 24.9 Å². The molecule has 5 heterocycles. The molecule has 0 aliphatic carbocycles. The molecular weight excluding hydrogens is 452 g/mol. The van der Waals surface area contributed by atoms with Gasteiger partial charge in [0.1, 0.15) is 17.0 Å². The van der Waals surface area contributed by atoms with Gasteiger partial charge in [0.2, 0.25) is 0 Å². The third kappa shape index (κ3) is 4.01. The van der Waals surface area contributed by atoms with Crippen molar-refractivity contribution in [3.63, 3.8) is 0 Å². The number of carbonyl (C=O) groups excluding carboxylic acids is 1. The molecule has 184 valence electrons. The predicted molar refractivity (Wildman–Crippen MR) is 140 cm³/mol. The number of anilines is 1. The minimum Gasteiger partial charge on any atom is -0.377 e. The number of pyridine rings is 2. The second-order valence-electron chi connectivity index (χ2n) is 9.71. The quantitative estimate of drug-likeness (QED) is 0.462. The number of carbonyl (C=O) groups is 1. The highest BCUT2D eigenvalue weighted by Crippen LogP contribution is 2.37. The maximum Gasteiger partial charge on any atom is 0.253 e. The lowest BCUT2D eigenvalue weighted by atomic mass is 9.96. The smallest absolute Gasteiger partial charge is 0.253 e. The third-order valence-corrected chi connectivity index (χ3v) is 7.27. The van der Waals surface area contributed by atoms with E-state index < -0.39 is 0 Å². The van der Waals surface area contributed by atoms with Gasteiger partial charge in [0.15, 0.2) is 0 Å². The summed E-state index contributed by atoms with van der Waals surface area (Å²) in [6.07, 6.45) is 5.79. The molecule has 3 aromatic heterocycles. The van der Waals surface area contributed by atoms with Crippen LogP contribution in [0.25, 0.3) is 33.4 Å². The van der Waals surface area contributed by atoms with Crippen molar-refractivity contribution in [2.45, 2.75) is 32.7 Å². The maximum absolute atomic E-state index is 12.9. The highest BCUT2D eigenvalue weighted by atomic mass is 16.5. The highest BCUT2D eigenvalue weighted by Gasteiger charge is 2.24. The second kappa shape index (κ2) is 9.35. The van der Waals surface area contributed by atoms with Gasteiger partial charge >= 0.3 is 0 Å². The number of aryl methyl sites for hydroxylation is 1. The number of rotatable bonds is 4. The first-order valence-electron chi connectivity index (χ1n) is 12.6. The minimum absolute atomic E-state index is 0.114. The molecule has 0 bridgehead atoms. The van der Waals surface area contributed by atoms with E-state index >= 15 is 0 Å². The molecule has 2 saturated heterocycles. The Labute approximate surface area is 210 Å². The van der Waals surface area contributed by atoms with E-state index in [0.29, 0.717) is 13.2 Å². The van der Waals surface area contributed by atoms with Gasteiger partial charge in [-0.25, -0.2) is 4.98 Å². The Kier molecular flexibility index (Phi) is 5.89. The van der Waals surface area contributed by atoms with Crippen molar-refractivity contribution in [3.05, 3.63) is 59.9 Å². The number of H-pyrrole nitrogens is 1. The average Bonchev–Trinajstić information content (AvgIpc) is 3.63. The zero-order valence-electron chi connectivity index (χ0n) is 20.7. The molecule has 1 N–H and O–H groups in total. The maximum atomic E-state index is 12.9. The molecule has 2 aliphatic heterocycles. The number of hydrogen-bond donors (Lipinski definition) is 1. The number of nitrogens with zero attached hydrogens (tertiary/aromatic N) is 5. The summed E-state index contributed by atoms with van der Waals surface area (Å²) in [5.41, 5.74) is 6.35. The molecule has 36 heavy (non-hydrogen) atoms. The Morgan fingerprint density at radius 3 is 2.64 bits per heavy atom. The first kappa shape index (κ1) is 22.7. The van der Waals surface area contributed by atoms with E-state index in [1.54, 1.807) is 6.20 Å². The van der Waals surface area contributed by atoms with Gasteiger partial charge < -0.3 is 14.5 Å². The molecule has 8 nitrogen and oxygen atoms in total. The summed E-state index contributed by atoms with van der Waals surface area (Å²) in [7, 11) is 0. The van der Waals surface area contributed by atoms with E-state index in [4.69, 9.17) is 14.7 Å². The summed E-state index contributed by atoms with van der Waals surface area (Å²) < 4.78 is 5.68. The SMILES string of the molecule is Cc1cnc(-c2ccn[nH]2)c2nc(N3CCOC[C@H]3C)cc(-c3ccc(C(=O)N4CCCC4)cc3)c12. The zero-order chi connectivity index (χ0) is 24.6. The number of benzene rings is 1. The molecule has 0 saturated carbocycles. The first-order valence-corrected chi connectivity index (χ1v) is 12.6. The average molecular weight is 483 g/mol. The highest BCUT2D eigenvalue weighted by molar-refractivity contribution is 6.04. The van der Waals surface area contributed by atoms with Crippen LogP contribution in [-0.4, -0.2) is 69.9 Å². The monoisotopic (exact) mass is 482 g/mol. The number of aromatic nitrogens is 4. The van der Waals surface area contributed by atoms with E-state index in [2.05, 4.69) is 47.1 Å². The van der Waals surface area contributed by atoms with E-state index in [1.807, 2.05) is 29.3 Å². The van der Waals surface area contributed by atoms with Gasteiger partial charge in [-0.2, -0.15) is 5.10 Å². The van der Waals surface area contributed by atoms with Crippen LogP contribution in [0.2, 0.25) is 0 Å². The van der Waals surface area contributed by atoms with E-state index in [0.717, 1.165) is 82.8 Å². The van der Waals surface area contributed by atoms with Crippen LogP contribution in [0.1, 0.15) is 35.7 Å². The lowest BCUT2D eigenvalue weighted by Crippen LogP contribution is -2.44. The van der Waals surface area contributed by atoms with Crippen molar-refractivity contribution in [2.75, 3.05) is 37.7 Å². The molecular formula is C28H30N6O2. The molecule has 2 aliphatic rings. The van der Waals surface area contributed by atoms with Crippen molar-refractivity contribution in [2.24, 2.45) is 0 Å². The van der Waals surface area contributed by atoms with E-state index in [-0.39, 0.29) is 11.9 Å². The fourth-order valence-corrected chi connectivity index (χ4v) is 5.31.